The number of aromatic nitrogens is 4. The minimum atomic E-state index is -0.322. The third kappa shape index (κ3) is 3.56. The number of carbonyl (C=O) groups excluding carboxylic acids is 1. The van der Waals surface area contributed by atoms with E-state index in [0.29, 0.717) is 34.1 Å². The van der Waals surface area contributed by atoms with Gasteiger partial charge in [-0.25, -0.2) is 4.39 Å². The molecule has 1 aromatic carbocycles. The molecule has 1 fully saturated rings. The van der Waals surface area contributed by atoms with Crippen molar-refractivity contribution < 1.29 is 9.18 Å². The number of nitrogens with zero attached hydrogens (tertiary/aromatic N) is 4. The van der Waals surface area contributed by atoms with Crippen LogP contribution in [0.4, 0.5) is 4.39 Å². The standard InChI is InChI=1S/C21H19ClFN5OS.ClH/c1-27-17(7-18(29)26-10-13-9-24-4-5-25-13)19-15-8-21(15,11-28(19)20(27)30)14-6-12(22)2-3-16(14)23;/h2-6,9,15H,7-8,10-11H2,1H3,(H,26,29);1H/t15-,21+;/m0./s1. The van der Waals surface area contributed by atoms with Crippen LogP contribution < -0.4 is 5.32 Å². The van der Waals surface area contributed by atoms with E-state index in [1.54, 1.807) is 30.7 Å². The molecule has 0 radical (unpaired) electrons. The van der Waals surface area contributed by atoms with Crippen LogP contribution in [0.5, 0.6) is 0 Å². The fourth-order valence-electron chi connectivity index (χ4n) is 4.69. The summed E-state index contributed by atoms with van der Waals surface area (Å²) < 4.78 is 19.2. The Balaban J connectivity index is 0.00000231. The number of hydrogen-bond acceptors (Lipinski definition) is 4. The van der Waals surface area contributed by atoms with Crippen molar-refractivity contribution in [3.63, 3.8) is 0 Å². The van der Waals surface area contributed by atoms with E-state index in [9.17, 15) is 9.18 Å². The molecule has 0 unspecified atom stereocenters. The quantitative estimate of drug-likeness (QED) is 0.564. The van der Waals surface area contributed by atoms with Gasteiger partial charge in [-0.3, -0.25) is 14.8 Å². The highest BCUT2D eigenvalue weighted by molar-refractivity contribution is 7.71. The van der Waals surface area contributed by atoms with Crippen LogP contribution in [-0.2, 0) is 36.8 Å². The molecular formula is C21H20Cl2FN5OS. The normalized spacial score (nSPS) is 20.5. The van der Waals surface area contributed by atoms with Gasteiger partial charge in [0.25, 0.3) is 0 Å². The maximum Gasteiger partial charge on any atom is 0.226 e. The van der Waals surface area contributed by atoms with Crippen molar-refractivity contribution in [3.8, 4) is 0 Å². The Bertz CT molecular complexity index is 1230. The van der Waals surface area contributed by atoms with Gasteiger partial charge >= 0.3 is 0 Å². The molecule has 5 rings (SSSR count). The fraction of sp³-hybridized carbons (Fsp3) is 0.333. The van der Waals surface area contributed by atoms with E-state index in [-0.39, 0.29) is 41.9 Å². The van der Waals surface area contributed by atoms with Gasteiger partial charge in [0.05, 0.1) is 24.9 Å². The van der Waals surface area contributed by atoms with E-state index in [1.165, 1.54) is 6.07 Å². The molecule has 162 valence electrons. The molecule has 10 heteroatoms. The lowest BCUT2D eigenvalue weighted by molar-refractivity contribution is -0.120. The van der Waals surface area contributed by atoms with Gasteiger partial charge in [-0.2, -0.15) is 0 Å². The van der Waals surface area contributed by atoms with Crippen molar-refractivity contribution >= 4 is 42.1 Å². The van der Waals surface area contributed by atoms with Gasteiger partial charge in [0, 0.05) is 53.7 Å². The summed E-state index contributed by atoms with van der Waals surface area (Å²) in [6, 6.07) is 4.71. The monoisotopic (exact) mass is 479 g/mol. The first-order valence-corrected chi connectivity index (χ1v) is 10.4. The molecular weight excluding hydrogens is 460 g/mol. The molecule has 0 spiro atoms. The molecule has 3 aromatic rings. The minimum Gasteiger partial charge on any atom is -0.350 e. The summed E-state index contributed by atoms with van der Waals surface area (Å²) in [4.78, 5) is 20.8. The molecule has 1 saturated carbocycles. The van der Waals surface area contributed by atoms with Gasteiger partial charge in [0.15, 0.2) is 4.77 Å². The van der Waals surface area contributed by atoms with Crippen LogP contribution in [0.25, 0.3) is 0 Å². The van der Waals surface area contributed by atoms with Crippen molar-refractivity contribution in [3.05, 3.63) is 75.0 Å². The number of imidazole rings is 1. The molecule has 3 heterocycles. The Kier molecular flexibility index (Phi) is 5.66. The summed E-state index contributed by atoms with van der Waals surface area (Å²) in [7, 11) is 1.88. The molecule has 1 amide bonds. The minimum absolute atomic E-state index is 0. The van der Waals surface area contributed by atoms with Crippen LogP contribution in [0.1, 0.15) is 35.0 Å². The predicted octanol–water partition coefficient (Wildman–Crippen LogP) is 3.86. The molecule has 0 saturated heterocycles. The second kappa shape index (κ2) is 8.00. The summed E-state index contributed by atoms with van der Waals surface area (Å²) in [6.07, 6.45) is 5.83. The average Bonchev–Trinajstić information content (AvgIpc) is 3.30. The molecule has 2 atom stereocenters. The second-order valence-electron chi connectivity index (χ2n) is 7.95. The third-order valence-corrected chi connectivity index (χ3v) is 6.96. The smallest absolute Gasteiger partial charge is 0.226 e. The van der Waals surface area contributed by atoms with Gasteiger partial charge < -0.3 is 14.5 Å². The van der Waals surface area contributed by atoms with E-state index >= 15 is 0 Å². The van der Waals surface area contributed by atoms with E-state index in [4.69, 9.17) is 23.8 Å². The number of amides is 1. The van der Waals surface area contributed by atoms with Gasteiger partial charge in [0.2, 0.25) is 5.91 Å². The lowest BCUT2D eigenvalue weighted by Gasteiger charge is -2.15. The topological polar surface area (TPSA) is 64.7 Å². The Hall–Kier alpha value is -2.29. The first-order valence-electron chi connectivity index (χ1n) is 9.66. The molecule has 6 nitrogen and oxygen atoms in total. The summed E-state index contributed by atoms with van der Waals surface area (Å²) in [5.74, 6) is -0.228. The van der Waals surface area contributed by atoms with Gasteiger partial charge in [0.1, 0.15) is 5.82 Å². The number of benzene rings is 1. The molecule has 1 aliphatic heterocycles. The van der Waals surface area contributed by atoms with Crippen LogP contribution in [0.2, 0.25) is 5.02 Å². The number of fused-ring (bicyclic) bond motifs is 3. The lowest BCUT2D eigenvalue weighted by Crippen LogP contribution is -2.26. The molecule has 2 aliphatic rings. The summed E-state index contributed by atoms with van der Waals surface area (Å²) >= 11 is 11.8. The zero-order valence-corrected chi connectivity index (χ0v) is 19.0. The second-order valence-corrected chi connectivity index (χ2v) is 8.75. The van der Waals surface area contributed by atoms with Crippen molar-refractivity contribution in [2.45, 2.75) is 37.3 Å². The summed E-state index contributed by atoms with van der Waals surface area (Å²) in [6.45, 7) is 0.923. The van der Waals surface area contributed by atoms with E-state index in [0.717, 1.165) is 17.8 Å². The number of rotatable bonds is 5. The summed E-state index contributed by atoms with van der Waals surface area (Å²) in [5, 5.41) is 3.41. The van der Waals surface area contributed by atoms with Gasteiger partial charge in [-0.15, -0.1) is 12.4 Å². The zero-order chi connectivity index (χ0) is 21.0. The van der Waals surface area contributed by atoms with Crippen molar-refractivity contribution in [1.29, 1.82) is 0 Å². The van der Waals surface area contributed by atoms with Crippen LogP contribution >= 0.6 is 36.2 Å². The highest BCUT2D eigenvalue weighted by atomic mass is 35.5. The molecule has 0 bridgehead atoms. The Morgan fingerprint density at radius 2 is 2.23 bits per heavy atom. The lowest BCUT2D eigenvalue weighted by atomic mass is 9.93. The average molecular weight is 480 g/mol. The predicted molar refractivity (Wildman–Crippen MR) is 120 cm³/mol. The van der Waals surface area contributed by atoms with Gasteiger partial charge in [-0.05, 0) is 42.4 Å². The van der Waals surface area contributed by atoms with Crippen LogP contribution in [0, 0.1) is 10.6 Å². The van der Waals surface area contributed by atoms with E-state index in [2.05, 4.69) is 19.9 Å². The zero-order valence-electron chi connectivity index (χ0n) is 16.6. The Labute approximate surface area is 194 Å². The number of nitrogens with one attached hydrogen (secondary N) is 1. The Morgan fingerprint density at radius 3 is 2.97 bits per heavy atom. The maximum absolute atomic E-state index is 14.6. The highest BCUT2D eigenvalue weighted by Gasteiger charge is 2.63. The fourth-order valence-corrected chi connectivity index (χ4v) is 5.13. The number of hydrogen-bond donors (Lipinski definition) is 1. The van der Waals surface area contributed by atoms with Crippen LogP contribution in [-0.4, -0.2) is 25.0 Å². The third-order valence-electron chi connectivity index (χ3n) is 6.23. The van der Waals surface area contributed by atoms with Crippen LogP contribution in [0.3, 0.4) is 0 Å². The van der Waals surface area contributed by atoms with Crippen molar-refractivity contribution in [2.75, 3.05) is 0 Å². The molecule has 1 aliphatic carbocycles. The van der Waals surface area contributed by atoms with E-state index < -0.39 is 0 Å². The maximum atomic E-state index is 14.6. The number of carbonyl (C=O) groups is 1. The number of halogens is 3. The highest BCUT2D eigenvalue weighted by Crippen LogP contribution is 2.66. The van der Waals surface area contributed by atoms with Crippen LogP contribution in [0.15, 0.2) is 36.8 Å². The van der Waals surface area contributed by atoms with E-state index in [1.807, 2.05) is 11.6 Å². The molecule has 2 aromatic heterocycles. The first kappa shape index (κ1) is 21.9. The first-order chi connectivity index (χ1) is 14.4. The Morgan fingerprint density at radius 1 is 1.42 bits per heavy atom. The van der Waals surface area contributed by atoms with Gasteiger partial charge in [-0.1, -0.05) is 11.6 Å². The molecule has 31 heavy (non-hydrogen) atoms. The summed E-state index contributed by atoms with van der Waals surface area (Å²) in [5.41, 5.74) is 2.93. The molecule has 1 N–H and O–H groups in total. The SMILES string of the molecule is Cl.Cn1c(CC(=O)NCc2cnccn2)c2n(c1=S)C[C@@]1(c3cc(Cl)ccc3F)C[C@@H]21. The largest absolute Gasteiger partial charge is 0.350 e. The van der Waals surface area contributed by atoms with Crippen molar-refractivity contribution in [1.82, 2.24) is 24.4 Å². The van der Waals surface area contributed by atoms with Crippen molar-refractivity contribution in [2.24, 2.45) is 7.05 Å².